The number of fused-ring (bicyclic) bond motifs is 3. The van der Waals surface area contributed by atoms with E-state index in [0.29, 0.717) is 12.4 Å². The Bertz CT molecular complexity index is 931. The molecule has 0 bridgehead atoms. The number of benzene rings is 2. The van der Waals surface area contributed by atoms with E-state index in [-0.39, 0.29) is 5.69 Å². The minimum atomic E-state index is -0.405. The summed E-state index contributed by atoms with van der Waals surface area (Å²) in [6.07, 6.45) is 1.95. The Balaban J connectivity index is 1.43. The second-order valence-corrected chi connectivity index (χ2v) is 6.47. The van der Waals surface area contributed by atoms with Crippen LogP contribution in [-0.2, 0) is 19.5 Å². The Morgan fingerprint density at radius 3 is 2.77 bits per heavy atom. The lowest BCUT2D eigenvalue weighted by atomic mass is 10.1. The molecule has 0 saturated heterocycles. The van der Waals surface area contributed by atoms with Gasteiger partial charge in [-0.25, -0.2) is 0 Å². The molecule has 0 aliphatic carbocycles. The quantitative estimate of drug-likeness (QED) is 0.418. The van der Waals surface area contributed by atoms with Crippen LogP contribution < -0.4 is 10.1 Å². The van der Waals surface area contributed by atoms with Crippen LogP contribution in [0.4, 0.5) is 5.69 Å². The Hall–Kier alpha value is -2.86. The molecule has 1 N–H and O–H groups in total. The maximum absolute atomic E-state index is 10.7. The first-order chi connectivity index (χ1) is 12.7. The normalized spacial score (nSPS) is 13.5. The van der Waals surface area contributed by atoms with Crippen molar-refractivity contribution in [3.8, 4) is 5.75 Å². The zero-order valence-corrected chi connectivity index (χ0v) is 14.5. The smallest absolute Gasteiger partial charge is 0.269 e. The topological polar surface area (TPSA) is 69.3 Å². The maximum Gasteiger partial charge on any atom is 0.269 e. The van der Waals surface area contributed by atoms with Gasteiger partial charge in [0.05, 0.1) is 11.5 Å². The number of hydrogen-bond donors (Lipinski definition) is 1. The molecule has 0 unspecified atom stereocenters. The van der Waals surface area contributed by atoms with Crippen molar-refractivity contribution in [1.82, 2.24) is 9.88 Å². The number of aryl methyl sites for hydroxylation is 1. The molecule has 2 aromatic carbocycles. The van der Waals surface area contributed by atoms with Crippen molar-refractivity contribution < 1.29 is 9.66 Å². The lowest BCUT2D eigenvalue weighted by molar-refractivity contribution is -0.384. The molecule has 6 nitrogen and oxygen atoms in total. The Morgan fingerprint density at radius 2 is 1.96 bits per heavy atom. The van der Waals surface area contributed by atoms with E-state index in [1.54, 1.807) is 12.1 Å². The second-order valence-electron chi connectivity index (χ2n) is 6.47. The first kappa shape index (κ1) is 16.6. The Kier molecular flexibility index (Phi) is 4.58. The minimum Gasteiger partial charge on any atom is -0.494 e. The molecule has 2 heterocycles. The molecule has 134 valence electrons. The maximum atomic E-state index is 10.7. The van der Waals surface area contributed by atoms with Crippen molar-refractivity contribution in [2.24, 2.45) is 0 Å². The van der Waals surface area contributed by atoms with E-state index in [0.717, 1.165) is 32.5 Å². The Morgan fingerprint density at radius 1 is 1.15 bits per heavy atom. The second kappa shape index (κ2) is 7.17. The molecule has 1 aliphatic heterocycles. The van der Waals surface area contributed by atoms with E-state index < -0.39 is 4.92 Å². The molecule has 0 radical (unpaired) electrons. The summed E-state index contributed by atoms with van der Waals surface area (Å²) >= 11 is 0. The van der Waals surface area contributed by atoms with Crippen LogP contribution in [0, 0.1) is 10.1 Å². The third-order valence-corrected chi connectivity index (χ3v) is 4.88. The van der Waals surface area contributed by atoms with Gasteiger partial charge in [0, 0.05) is 41.8 Å². The molecule has 0 atom stereocenters. The molecule has 0 saturated carbocycles. The summed E-state index contributed by atoms with van der Waals surface area (Å²) in [4.78, 5) is 10.3. The van der Waals surface area contributed by atoms with Crippen LogP contribution in [0.5, 0.6) is 5.75 Å². The van der Waals surface area contributed by atoms with Gasteiger partial charge in [0.15, 0.2) is 0 Å². The number of nitro groups is 1. The Labute approximate surface area is 151 Å². The fourth-order valence-electron chi connectivity index (χ4n) is 3.66. The molecular formula is C20H21N3O3. The molecule has 1 aromatic heterocycles. The van der Waals surface area contributed by atoms with Gasteiger partial charge in [-0.3, -0.25) is 10.1 Å². The number of ether oxygens (including phenoxy) is 1. The monoisotopic (exact) mass is 351 g/mol. The van der Waals surface area contributed by atoms with E-state index in [9.17, 15) is 10.1 Å². The molecular weight excluding hydrogens is 330 g/mol. The predicted octanol–water partition coefficient (Wildman–Crippen LogP) is 3.66. The van der Waals surface area contributed by atoms with Crippen LogP contribution in [0.1, 0.15) is 17.7 Å². The van der Waals surface area contributed by atoms with Gasteiger partial charge >= 0.3 is 0 Å². The van der Waals surface area contributed by atoms with E-state index in [4.69, 9.17) is 4.74 Å². The molecule has 3 aromatic rings. The highest BCUT2D eigenvalue weighted by molar-refractivity contribution is 5.85. The number of para-hydroxylation sites is 1. The first-order valence-corrected chi connectivity index (χ1v) is 8.91. The van der Waals surface area contributed by atoms with Gasteiger partial charge in [-0.1, -0.05) is 18.2 Å². The van der Waals surface area contributed by atoms with Gasteiger partial charge in [0.25, 0.3) is 5.69 Å². The average Bonchev–Trinajstić information content (AvgIpc) is 3.00. The number of nitrogens with one attached hydrogen (secondary N) is 1. The van der Waals surface area contributed by atoms with Gasteiger partial charge in [0.2, 0.25) is 0 Å². The minimum absolute atomic E-state index is 0.0790. The summed E-state index contributed by atoms with van der Waals surface area (Å²) < 4.78 is 8.14. The van der Waals surface area contributed by atoms with Crippen molar-refractivity contribution in [3.05, 3.63) is 69.9 Å². The molecule has 6 heteroatoms. The van der Waals surface area contributed by atoms with Crippen LogP contribution in [0.25, 0.3) is 10.9 Å². The first-order valence-electron chi connectivity index (χ1n) is 8.91. The lowest BCUT2D eigenvalue weighted by Gasteiger charge is -2.17. The van der Waals surface area contributed by atoms with Gasteiger partial charge in [-0.15, -0.1) is 0 Å². The van der Waals surface area contributed by atoms with E-state index in [2.05, 4.69) is 34.1 Å². The lowest BCUT2D eigenvalue weighted by Crippen LogP contribution is -2.25. The third-order valence-electron chi connectivity index (χ3n) is 4.88. The number of hydrogen-bond acceptors (Lipinski definition) is 4. The predicted molar refractivity (Wildman–Crippen MR) is 101 cm³/mol. The molecule has 0 amide bonds. The summed E-state index contributed by atoms with van der Waals surface area (Å²) in [5.74, 6) is 0.664. The molecule has 26 heavy (non-hydrogen) atoms. The van der Waals surface area contributed by atoms with E-state index in [1.165, 1.54) is 34.3 Å². The summed E-state index contributed by atoms with van der Waals surface area (Å²) in [6, 6.07) is 14.8. The molecule has 1 aliphatic rings. The molecule has 0 spiro atoms. The van der Waals surface area contributed by atoms with Crippen LogP contribution in [-0.4, -0.2) is 22.6 Å². The van der Waals surface area contributed by atoms with Crippen molar-refractivity contribution in [2.75, 3.05) is 13.2 Å². The van der Waals surface area contributed by atoms with E-state index in [1.807, 2.05) is 0 Å². The SMILES string of the molecule is O=[N+]([O-])c1ccc(OCCCn2c3c(c4ccccc42)CCNC3)cc1. The zero-order valence-electron chi connectivity index (χ0n) is 14.5. The summed E-state index contributed by atoms with van der Waals surface area (Å²) in [7, 11) is 0. The van der Waals surface area contributed by atoms with Crippen molar-refractivity contribution in [3.63, 3.8) is 0 Å². The van der Waals surface area contributed by atoms with Crippen LogP contribution >= 0.6 is 0 Å². The van der Waals surface area contributed by atoms with Crippen LogP contribution in [0.15, 0.2) is 48.5 Å². The van der Waals surface area contributed by atoms with Gasteiger partial charge < -0.3 is 14.6 Å². The fourth-order valence-corrected chi connectivity index (χ4v) is 3.66. The summed E-state index contributed by atoms with van der Waals surface area (Å²) in [5.41, 5.74) is 4.22. The zero-order chi connectivity index (χ0) is 17.9. The van der Waals surface area contributed by atoms with Crippen molar-refractivity contribution in [2.45, 2.75) is 25.9 Å². The summed E-state index contributed by atoms with van der Waals surface area (Å²) in [6.45, 7) is 3.41. The fraction of sp³-hybridized carbons (Fsp3) is 0.300. The molecule has 0 fully saturated rings. The van der Waals surface area contributed by atoms with Gasteiger partial charge in [-0.05, 0) is 43.1 Å². The highest BCUT2D eigenvalue weighted by atomic mass is 16.6. The number of nitrogens with zero attached hydrogens (tertiary/aromatic N) is 2. The number of non-ortho nitro benzene ring substituents is 1. The van der Waals surface area contributed by atoms with Crippen LogP contribution in [0.3, 0.4) is 0 Å². The number of nitro benzene ring substituents is 1. The highest BCUT2D eigenvalue weighted by Gasteiger charge is 2.18. The van der Waals surface area contributed by atoms with Crippen LogP contribution in [0.2, 0.25) is 0 Å². The largest absolute Gasteiger partial charge is 0.494 e. The highest BCUT2D eigenvalue weighted by Crippen LogP contribution is 2.28. The number of rotatable bonds is 6. The third kappa shape index (κ3) is 3.15. The average molecular weight is 351 g/mol. The number of aromatic nitrogens is 1. The van der Waals surface area contributed by atoms with Gasteiger partial charge in [0.1, 0.15) is 5.75 Å². The van der Waals surface area contributed by atoms with Crippen molar-refractivity contribution >= 4 is 16.6 Å². The standard InChI is InChI=1S/C20H21N3O3/c24-23(25)15-6-8-16(9-7-15)26-13-3-12-22-19-5-2-1-4-17(19)18-10-11-21-14-20(18)22/h1-2,4-9,21H,3,10-14H2. The van der Waals surface area contributed by atoms with Gasteiger partial charge in [-0.2, -0.15) is 0 Å². The van der Waals surface area contributed by atoms with Crippen molar-refractivity contribution in [1.29, 1.82) is 0 Å². The summed E-state index contributed by atoms with van der Waals surface area (Å²) in [5, 5.41) is 15.5. The van der Waals surface area contributed by atoms with E-state index >= 15 is 0 Å². The molecule has 4 rings (SSSR count).